The standard InChI is InChI=1S/C29H34N4O3/c1-6-7-12-26-32-24-17-23(30)19(2)31-27(24)33(26)18-20-13-15-21(16-14-20)22-10-8-9-11-25(22)35-28(34)36-29(3,4)5/h8-11,13-17H,6-7,12,18,30H2,1-5H3. The number of aromatic nitrogens is 3. The molecule has 7 nitrogen and oxygen atoms in total. The number of nitrogen functional groups attached to an aromatic ring is 1. The van der Waals surface area contributed by atoms with Gasteiger partial charge in [-0.3, -0.25) is 0 Å². The molecule has 0 spiro atoms. The van der Waals surface area contributed by atoms with Crippen LogP contribution in [-0.2, 0) is 17.7 Å². The molecule has 4 rings (SSSR count). The number of hydrogen-bond donors (Lipinski definition) is 1. The zero-order valence-corrected chi connectivity index (χ0v) is 21.7. The van der Waals surface area contributed by atoms with E-state index in [4.69, 9.17) is 25.2 Å². The SMILES string of the molecule is CCCCc1nc2cc(N)c(C)nc2n1Cc1ccc(-c2ccccc2OC(=O)OC(C)(C)C)cc1. The molecule has 0 saturated carbocycles. The van der Waals surface area contributed by atoms with E-state index in [1.165, 1.54) is 0 Å². The topological polar surface area (TPSA) is 92.3 Å². The van der Waals surface area contributed by atoms with Crippen molar-refractivity contribution in [2.75, 3.05) is 5.73 Å². The Morgan fingerprint density at radius 1 is 1.06 bits per heavy atom. The first-order valence-corrected chi connectivity index (χ1v) is 12.4. The summed E-state index contributed by atoms with van der Waals surface area (Å²) >= 11 is 0. The molecule has 0 aliphatic rings. The number of rotatable bonds is 7. The van der Waals surface area contributed by atoms with Crippen molar-refractivity contribution in [1.29, 1.82) is 0 Å². The van der Waals surface area contributed by atoms with Gasteiger partial charge in [0.15, 0.2) is 5.65 Å². The minimum absolute atomic E-state index is 0.458. The van der Waals surface area contributed by atoms with Gasteiger partial charge in [0.1, 0.15) is 22.7 Å². The minimum atomic E-state index is -0.721. The molecule has 0 atom stereocenters. The van der Waals surface area contributed by atoms with Crippen molar-refractivity contribution >= 4 is 23.0 Å². The molecule has 36 heavy (non-hydrogen) atoms. The number of ether oxygens (including phenoxy) is 2. The fourth-order valence-electron chi connectivity index (χ4n) is 4.02. The molecule has 4 aromatic rings. The number of anilines is 1. The van der Waals surface area contributed by atoms with Gasteiger partial charge in [-0.2, -0.15) is 0 Å². The maximum atomic E-state index is 12.2. The Bertz CT molecular complexity index is 1370. The summed E-state index contributed by atoms with van der Waals surface area (Å²) in [5.41, 5.74) is 11.5. The molecule has 0 unspecified atom stereocenters. The molecule has 2 aromatic heterocycles. The van der Waals surface area contributed by atoms with Crippen molar-refractivity contribution in [3.63, 3.8) is 0 Å². The molecule has 7 heteroatoms. The number of fused-ring (bicyclic) bond motifs is 1. The van der Waals surface area contributed by atoms with E-state index < -0.39 is 11.8 Å². The van der Waals surface area contributed by atoms with Crippen LogP contribution in [0.3, 0.4) is 0 Å². The van der Waals surface area contributed by atoms with E-state index in [1.807, 2.05) is 64.1 Å². The van der Waals surface area contributed by atoms with Crippen molar-refractivity contribution in [2.45, 2.75) is 66.0 Å². The fourth-order valence-corrected chi connectivity index (χ4v) is 4.02. The molecule has 0 fully saturated rings. The fraction of sp³-hybridized carbons (Fsp3) is 0.345. The Morgan fingerprint density at radius 2 is 1.78 bits per heavy atom. The van der Waals surface area contributed by atoms with E-state index >= 15 is 0 Å². The van der Waals surface area contributed by atoms with Crippen LogP contribution in [0.2, 0.25) is 0 Å². The summed E-state index contributed by atoms with van der Waals surface area (Å²) in [6.45, 7) is 10.2. The van der Waals surface area contributed by atoms with Crippen LogP contribution in [-0.4, -0.2) is 26.3 Å². The molecule has 2 aromatic carbocycles. The van der Waals surface area contributed by atoms with Gasteiger partial charge in [-0.05, 0) is 57.4 Å². The highest BCUT2D eigenvalue weighted by atomic mass is 16.7. The lowest BCUT2D eigenvalue weighted by molar-refractivity contribution is 0.0207. The van der Waals surface area contributed by atoms with Gasteiger partial charge in [0.25, 0.3) is 0 Å². The van der Waals surface area contributed by atoms with Gasteiger partial charge >= 0.3 is 6.16 Å². The molecule has 2 N–H and O–H groups in total. The summed E-state index contributed by atoms with van der Waals surface area (Å²) in [5.74, 6) is 1.48. The molecular formula is C29H34N4O3. The number of imidazole rings is 1. The maximum absolute atomic E-state index is 12.2. The van der Waals surface area contributed by atoms with E-state index in [9.17, 15) is 4.79 Å². The molecule has 0 amide bonds. The maximum Gasteiger partial charge on any atom is 0.514 e. The average Bonchev–Trinajstić information content (AvgIpc) is 3.13. The first-order chi connectivity index (χ1) is 17.1. The van der Waals surface area contributed by atoms with Crippen molar-refractivity contribution in [3.05, 3.63) is 71.7 Å². The highest BCUT2D eigenvalue weighted by Crippen LogP contribution is 2.31. The Hall–Kier alpha value is -3.87. The lowest BCUT2D eigenvalue weighted by Crippen LogP contribution is -2.26. The summed E-state index contributed by atoms with van der Waals surface area (Å²) in [6, 6.07) is 17.6. The molecule has 0 aliphatic heterocycles. The summed E-state index contributed by atoms with van der Waals surface area (Å²) in [4.78, 5) is 21.8. The highest BCUT2D eigenvalue weighted by molar-refractivity contribution is 5.77. The zero-order chi connectivity index (χ0) is 25.9. The number of nitrogens with zero attached hydrogens (tertiary/aromatic N) is 3. The average molecular weight is 487 g/mol. The lowest BCUT2D eigenvalue weighted by Gasteiger charge is -2.19. The molecule has 0 radical (unpaired) electrons. The molecular weight excluding hydrogens is 452 g/mol. The zero-order valence-electron chi connectivity index (χ0n) is 21.7. The number of nitrogens with two attached hydrogens (primary N) is 1. The van der Waals surface area contributed by atoms with E-state index in [2.05, 4.69) is 23.6 Å². The second-order valence-corrected chi connectivity index (χ2v) is 9.98. The van der Waals surface area contributed by atoms with Crippen LogP contribution in [0.1, 0.15) is 57.6 Å². The second-order valence-electron chi connectivity index (χ2n) is 9.98. The Labute approximate surface area is 212 Å². The summed E-state index contributed by atoms with van der Waals surface area (Å²) in [7, 11) is 0. The number of unbranched alkanes of at least 4 members (excludes halogenated alkanes) is 1. The monoisotopic (exact) mass is 486 g/mol. The third-order valence-corrected chi connectivity index (χ3v) is 5.86. The number of pyridine rings is 1. The lowest BCUT2D eigenvalue weighted by atomic mass is 10.0. The van der Waals surface area contributed by atoms with Crippen molar-refractivity contribution in [1.82, 2.24) is 14.5 Å². The summed E-state index contributed by atoms with van der Waals surface area (Å²) < 4.78 is 13.0. The van der Waals surface area contributed by atoms with Crippen LogP contribution in [0.15, 0.2) is 54.6 Å². The third-order valence-electron chi connectivity index (χ3n) is 5.86. The predicted octanol–water partition coefficient (Wildman–Crippen LogP) is 6.69. The van der Waals surface area contributed by atoms with Gasteiger partial charge in [0, 0.05) is 12.0 Å². The van der Waals surface area contributed by atoms with Gasteiger partial charge in [-0.1, -0.05) is 55.8 Å². The molecule has 2 heterocycles. The quantitative estimate of drug-likeness (QED) is 0.231. The molecule has 0 aliphatic carbocycles. The van der Waals surface area contributed by atoms with Crippen LogP contribution in [0, 0.1) is 6.92 Å². The van der Waals surface area contributed by atoms with Crippen molar-refractivity contribution < 1.29 is 14.3 Å². The van der Waals surface area contributed by atoms with E-state index in [0.717, 1.165) is 58.6 Å². The van der Waals surface area contributed by atoms with Crippen LogP contribution in [0.5, 0.6) is 5.75 Å². The Morgan fingerprint density at radius 3 is 2.47 bits per heavy atom. The molecule has 188 valence electrons. The van der Waals surface area contributed by atoms with Gasteiger partial charge in [-0.15, -0.1) is 0 Å². The number of benzene rings is 2. The highest BCUT2D eigenvalue weighted by Gasteiger charge is 2.20. The molecule has 0 bridgehead atoms. The van der Waals surface area contributed by atoms with Crippen LogP contribution < -0.4 is 10.5 Å². The van der Waals surface area contributed by atoms with Gasteiger partial charge in [0.05, 0.1) is 17.9 Å². The summed E-state index contributed by atoms with van der Waals surface area (Å²) in [6.07, 6.45) is 2.32. The van der Waals surface area contributed by atoms with E-state index in [1.54, 1.807) is 6.07 Å². The predicted molar refractivity (Wildman–Crippen MR) is 143 cm³/mol. The molecule has 0 saturated heterocycles. The van der Waals surface area contributed by atoms with Crippen LogP contribution in [0.4, 0.5) is 10.5 Å². The van der Waals surface area contributed by atoms with Crippen molar-refractivity contribution in [2.24, 2.45) is 0 Å². The Balaban J connectivity index is 1.61. The normalized spacial score (nSPS) is 11.6. The minimum Gasteiger partial charge on any atom is -0.428 e. The first-order valence-electron chi connectivity index (χ1n) is 12.4. The number of aryl methyl sites for hydroxylation is 2. The van der Waals surface area contributed by atoms with E-state index in [0.29, 0.717) is 18.0 Å². The van der Waals surface area contributed by atoms with Crippen LogP contribution >= 0.6 is 0 Å². The van der Waals surface area contributed by atoms with Crippen LogP contribution in [0.25, 0.3) is 22.3 Å². The van der Waals surface area contributed by atoms with Gasteiger partial charge in [0.2, 0.25) is 0 Å². The number of carbonyl (C=O) groups is 1. The smallest absolute Gasteiger partial charge is 0.428 e. The third kappa shape index (κ3) is 5.85. The number of carbonyl (C=O) groups excluding carboxylic acids is 1. The second kappa shape index (κ2) is 10.4. The first kappa shape index (κ1) is 25.2. The summed E-state index contributed by atoms with van der Waals surface area (Å²) in [5, 5.41) is 0. The largest absolute Gasteiger partial charge is 0.514 e. The number of hydrogen-bond acceptors (Lipinski definition) is 6. The van der Waals surface area contributed by atoms with E-state index in [-0.39, 0.29) is 0 Å². The van der Waals surface area contributed by atoms with Crippen molar-refractivity contribution in [3.8, 4) is 16.9 Å². The number of para-hydroxylation sites is 1. The van der Waals surface area contributed by atoms with Gasteiger partial charge in [-0.25, -0.2) is 14.8 Å². The van der Waals surface area contributed by atoms with Gasteiger partial charge < -0.3 is 19.8 Å². The Kier molecular flexibility index (Phi) is 7.29.